The van der Waals surface area contributed by atoms with Gasteiger partial charge in [-0.15, -0.1) is 35.3 Å². The molecule has 0 amide bonds. The molecule has 0 unspecified atom stereocenters. The zero-order valence-electron chi connectivity index (χ0n) is 12.7. The van der Waals surface area contributed by atoms with Gasteiger partial charge in [-0.05, 0) is 23.6 Å². The van der Waals surface area contributed by atoms with E-state index in [0.717, 1.165) is 30.0 Å². The molecular weight excluding hydrogens is 425 g/mol. The van der Waals surface area contributed by atoms with Gasteiger partial charge in [-0.2, -0.15) is 0 Å². The molecule has 0 spiro atoms. The van der Waals surface area contributed by atoms with Crippen molar-refractivity contribution in [3.05, 3.63) is 40.6 Å². The van der Waals surface area contributed by atoms with Crippen molar-refractivity contribution < 1.29 is 9.47 Å². The van der Waals surface area contributed by atoms with E-state index in [-0.39, 0.29) is 24.0 Å². The van der Waals surface area contributed by atoms with Crippen LogP contribution in [0.15, 0.2) is 40.7 Å². The molecule has 0 bridgehead atoms. The van der Waals surface area contributed by atoms with Gasteiger partial charge in [0, 0.05) is 36.0 Å². The summed E-state index contributed by atoms with van der Waals surface area (Å²) in [6, 6.07) is 9.84. The van der Waals surface area contributed by atoms with Crippen LogP contribution in [-0.2, 0) is 6.42 Å². The molecule has 7 heteroatoms. The number of thiophene rings is 1. The Kier molecular flexibility index (Phi) is 6.97. The third-order valence-corrected chi connectivity index (χ3v) is 4.18. The zero-order chi connectivity index (χ0) is 15.2. The Balaban J connectivity index is 0.00000192. The predicted octanol–water partition coefficient (Wildman–Crippen LogP) is 3.50. The third kappa shape index (κ3) is 5.28. The molecule has 0 atom stereocenters. The largest absolute Gasteiger partial charge is 0.490 e. The maximum atomic E-state index is 5.92. The summed E-state index contributed by atoms with van der Waals surface area (Å²) in [5.41, 5.74) is 6.77. The lowest BCUT2D eigenvalue weighted by Gasteiger charge is -2.10. The Morgan fingerprint density at radius 2 is 2.04 bits per heavy atom. The fourth-order valence-corrected chi connectivity index (χ4v) is 2.87. The lowest BCUT2D eigenvalue weighted by Crippen LogP contribution is -2.23. The molecule has 124 valence electrons. The van der Waals surface area contributed by atoms with Crippen molar-refractivity contribution in [2.45, 2.75) is 12.8 Å². The van der Waals surface area contributed by atoms with E-state index in [1.807, 2.05) is 24.3 Å². The van der Waals surface area contributed by atoms with Crippen LogP contribution in [0.3, 0.4) is 0 Å². The van der Waals surface area contributed by atoms with E-state index in [1.54, 1.807) is 11.3 Å². The highest BCUT2D eigenvalue weighted by atomic mass is 127. The number of benzene rings is 1. The van der Waals surface area contributed by atoms with E-state index in [2.05, 4.69) is 21.8 Å². The molecule has 1 aliphatic heterocycles. The number of guanidine groups is 1. The first-order valence-corrected chi connectivity index (χ1v) is 8.18. The van der Waals surface area contributed by atoms with Gasteiger partial charge in [0.05, 0.1) is 13.2 Å². The number of nitrogens with one attached hydrogen (secondary N) is 1. The monoisotopic (exact) mass is 445 g/mol. The third-order valence-electron chi connectivity index (χ3n) is 3.24. The van der Waals surface area contributed by atoms with E-state index < -0.39 is 0 Å². The van der Waals surface area contributed by atoms with Crippen LogP contribution in [0, 0.1) is 0 Å². The fourth-order valence-electron chi connectivity index (χ4n) is 2.17. The maximum Gasteiger partial charge on any atom is 0.193 e. The number of ether oxygens (including phenoxy) is 2. The van der Waals surface area contributed by atoms with Crippen LogP contribution >= 0.6 is 35.3 Å². The van der Waals surface area contributed by atoms with Crippen LogP contribution < -0.4 is 20.5 Å². The summed E-state index contributed by atoms with van der Waals surface area (Å²) in [5.74, 6) is 1.93. The fraction of sp³-hybridized carbons (Fsp3) is 0.312. The minimum Gasteiger partial charge on any atom is -0.490 e. The lowest BCUT2D eigenvalue weighted by atomic mass is 10.3. The molecule has 0 fully saturated rings. The van der Waals surface area contributed by atoms with E-state index in [0.29, 0.717) is 25.7 Å². The quantitative estimate of drug-likeness (QED) is 0.430. The second kappa shape index (κ2) is 8.97. The molecule has 2 heterocycles. The summed E-state index contributed by atoms with van der Waals surface area (Å²) >= 11 is 1.74. The van der Waals surface area contributed by atoms with Crippen LogP contribution in [-0.4, -0.2) is 25.7 Å². The van der Waals surface area contributed by atoms with E-state index in [1.165, 1.54) is 4.88 Å². The summed E-state index contributed by atoms with van der Waals surface area (Å²) in [4.78, 5) is 5.65. The second-order valence-electron chi connectivity index (χ2n) is 4.93. The molecule has 3 rings (SSSR count). The average molecular weight is 445 g/mol. The van der Waals surface area contributed by atoms with Crippen LogP contribution in [0.1, 0.15) is 11.3 Å². The predicted molar refractivity (Wildman–Crippen MR) is 106 cm³/mol. The van der Waals surface area contributed by atoms with Gasteiger partial charge < -0.3 is 20.5 Å². The first-order valence-electron chi connectivity index (χ1n) is 7.30. The number of halogens is 1. The maximum absolute atomic E-state index is 5.92. The summed E-state index contributed by atoms with van der Waals surface area (Å²) in [6.45, 7) is 2.02. The van der Waals surface area contributed by atoms with Crippen LogP contribution in [0.4, 0.5) is 5.69 Å². The van der Waals surface area contributed by atoms with Crippen LogP contribution in [0.25, 0.3) is 0 Å². The minimum atomic E-state index is 0. The van der Waals surface area contributed by atoms with Crippen LogP contribution in [0.2, 0.25) is 0 Å². The van der Waals surface area contributed by atoms with Gasteiger partial charge in [-0.25, -0.2) is 0 Å². The molecule has 0 saturated carbocycles. The number of aliphatic imine (C=N–C) groups is 1. The molecule has 1 aromatic carbocycles. The number of fused-ring (bicyclic) bond motifs is 1. The summed E-state index contributed by atoms with van der Waals surface area (Å²) < 4.78 is 11.3. The van der Waals surface area contributed by atoms with Crippen LogP contribution in [0.5, 0.6) is 11.5 Å². The highest BCUT2D eigenvalue weighted by Gasteiger charge is 2.10. The van der Waals surface area contributed by atoms with Crippen molar-refractivity contribution in [3.8, 4) is 11.5 Å². The topological polar surface area (TPSA) is 68.9 Å². The highest BCUT2D eigenvalue weighted by molar-refractivity contribution is 14.0. The average Bonchev–Trinajstić information content (AvgIpc) is 2.91. The molecule has 0 radical (unpaired) electrons. The molecule has 5 nitrogen and oxygen atoms in total. The van der Waals surface area contributed by atoms with Gasteiger partial charge >= 0.3 is 0 Å². The SMILES string of the molecule is I.NC(=NCCc1cccs1)Nc1ccc2c(c1)OCCCO2. The van der Waals surface area contributed by atoms with E-state index in [9.17, 15) is 0 Å². The van der Waals surface area contributed by atoms with Gasteiger partial charge in [0.15, 0.2) is 17.5 Å². The van der Waals surface area contributed by atoms with Crippen molar-refractivity contribution in [3.63, 3.8) is 0 Å². The second-order valence-corrected chi connectivity index (χ2v) is 5.97. The molecule has 1 aromatic heterocycles. The molecule has 0 saturated heterocycles. The Bertz CT molecular complexity index is 647. The standard InChI is InChI=1S/C16H19N3O2S.HI/c17-16(18-7-6-13-3-1-10-22-13)19-12-4-5-14-15(11-12)21-9-2-8-20-14;/h1,3-5,10-11H,2,6-9H2,(H3,17,18,19);1H. The first kappa shape index (κ1) is 17.9. The minimum absolute atomic E-state index is 0. The number of nitrogens with zero attached hydrogens (tertiary/aromatic N) is 1. The van der Waals surface area contributed by atoms with Crippen molar-refractivity contribution in [1.29, 1.82) is 0 Å². The lowest BCUT2D eigenvalue weighted by molar-refractivity contribution is 0.297. The Morgan fingerprint density at radius 1 is 1.22 bits per heavy atom. The van der Waals surface area contributed by atoms with Gasteiger partial charge in [0.2, 0.25) is 0 Å². The van der Waals surface area contributed by atoms with Crippen molar-refractivity contribution in [1.82, 2.24) is 0 Å². The zero-order valence-corrected chi connectivity index (χ0v) is 15.8. The van der Waals surface area contributed by atoms with Gasteiger partial charge in [-0.3, -0.25) is 4.99 Å². The normalized spacial score (nSPS) is 13.8. The molecule has 3 N–H and O–H groups in total. The van der Waals surface area contributed by atoms with Crippen molar-refractivity contribution >= 4 is 47.0 Å². The molecule has 23 heavy (non-hydrogen) atoms. The number of hydrogen-bond acceptors (Lipinski definition) is 4. The summed E-state index contributed by atoms with van der Waals surface area (Å²) in [6.07, 6.45) is 1.80. The van der Waals surface area contributed by atoms with Gasteiger partial charge in [-0.1, -0.05) is 6.07 Å². The molecule has 2 aromatic rings. The smallest absolute Gasteiger partial charge is 0.193 e. The molecule has 0 aliphatic carbocycles. The molecular formula is C16H20IN3O2S. The molecule has 1 aliphatic rings. The van der Waals surface area contributed by atoms with Crippen molar-refractivity contribution in [2.24, 2.45) is 10.7 Å². The summed E-state index contributed by atoms with van der Waals surface area (Å²) in [5, 5.41) is 5.16. The Morgan fingerprint density at radius 3 is 2.83 bits per heavy atom. The first-order chi connectivity index (χ1) is 10.8. The van der Waals surface area contributed by atoms with Crippen molar-refractivity contribution in [2.75, 3.05) is 25.1 Å². The Labute approximate surface area is 156 Å². The van der Waals surface area contributed by atoms with Gasteiger partial charge in [0.25, 0.3) is 0 Å². The number of hydrogen-bond donors (Lipinski definition) is 2. The summed E-state index contributed by atoms with van der Waals surface area (Å²) in [7, 11) is 0. The number of rotatable bonds is 4. The number of nitrogens with two attached hydrogens (primary N) is 1. The van der Waals surface area contributed by atoms with Gasteiger partial charge in [0.1, 0.15) is 0 Å². The number of anilines is 1. The van der Waals surface area contributed by atoms with E-state index >= 15 is 0 Å². The van der Waals surface area contributed by atoms with E-state index in [4.69, 9.17) is 15.2 Å². The Hall–Kier alpha value is -1.48. The highest BCUT2D eigenvalue weighted by Crippen LogP contribution is 2.32.